The number of rotatable bonds is 2. The zero-order valence-corrected chi connectivity index (χ0v) is 13.0. The summed E-state index contributed by atoms with van der Waals surface area (Å²) in [5.41, 5.74) is 0.463. The van der Waals surface area contributed by atoms with Crippen molar-refractivity contribution in [1.82, 2.24) is 0 Å². The molecule has 0 atom stereocenters. The van der Waals surface area contributed by atoms with Gasteiger partial charge in [-0.25, -0.2) is 0 Å². The zero-order valence-electron chi connectivity index (χ0n) is 11.4. The highest BCUT2D eigenvalue weighted by molar-refractivity contribution is 7.80. The molecule has 0 saturated heterocycles. The van der Waals surface area contributed by atoms with Crippen LogP contribution in [0.5, 0.6) is 0 Å². The molecule has 1 N–H and O–H groups in total. The van der Waals surface area contributed by atoms with E-state index in [9.17, 15) is 9.59 Å². The molecule has 0 amide bonds. The second-order valence-corrected chi connectivity index (χ2v) is 6.76. The maximum absolute atomic E-state index is 12.1. The van der Waals surface area contributed by atoms with Gasteiger partial charge in [0, 0.05) is 23.6 Å². The number of thiocarbonyl (C=S) groups is 1. The second kappa shape index (κ2) is 5.62. The van der Waals surface area contributed by atoms with Crippen molar-refractivity contribution in [2.24, 2.45) is 11.3 Å². The lowest BCUT2D eigenvalue weighted by Gasteiger charge is -2.32. The van der Waals surface area contributed by atoms with Crippen molar-refractivity contribution in [3.8, 4) is 0 Å². The van der Waals surface area contributed by atoms with Crippen molar-refractivity contribution in [3.05, 3.63) is 29.3 Å². The molecular weight excluding hydrogens is 294 g/mol. The molecule has 2 rings (SSSR count). The summed E-state index contributed by atoms with van der Waals surface area (Å²) in [6.45, 7) is 3.85. The molecular formula is C15H16ClNO2S. The average molecular weight is 310 g/mol. The molecule has 1 saturated carbocycles. The maximum Gasteiger partial charge on any atom is 0.150 e. The molecule has 106 valence electrons. The first-order chi connectivity index (χ1) is 9.28. The van der Waals surface area contributed by atoms with Crippen molar-refractivity contribution >= 4 is 46.1 Å². The van der Waals surface area contributed by atoms with Gasteiger partial charge in [0.25, 0.3) is 0 Å². The molecule has 1 fully saturated rings. The van der Waals surface area contributed by atoms with E-state index >= 15 is 0 Å². The summed E-state index contributed by atoms with van der Waals surface area (Å²) in [5.74, 6) is -1.01. The minimum atomic E-state index is -0.811. The van der Waals surface area contributed by atoms with Gasteiger partial charge in [0.1, 0.15) is 5.92 Å². The van der Waals surface area contributed by atoms with E-state index in [4.69, 9.17) is 23.8 Å². The van der Waals surface area contributed by atoms with Crippen LogP contribution in [-0.4, -0.2) is 16.6 Å². The number of carbonyl (C=O) groups is 2. The summed E-state index contributed by atoms with van der Waals surface area (Å²) >= 11 is 11.0. The number of anilines is 1. The minimum absolute atomic E-state index is 0.0993. The van der Waals surface area contributed by atoms with E-state index in [1.165, 1.54) is 0 Å². The van der Waals surface area contributed by atoms with Gasteiger partial charge in [-0.3, -0.25) is 9.59 Å². The first-order valence-electron chi connectivity index (χ1n) is 6.40. The fourth-order valence-corrected chi connectivity index (χ4v) is 2.94. The van der Waals surface area contributed by atoms with Crippen LogP contribution in [0, 0.1) is 11.3 Å². The van der Waals surface area contributed by atoms with Crippen LogP contribution in [0.1, 0.15) is 26.7 Å². The minimum Gasteiger partial charge on any atom is -0.349 e. The normalized spacial score (nSPS) is 18.9. The summed E-state index contributed by atoms with van der Waals surface area (Å²) in [7, 11) is 0. The number of benzene rings is 1. The number of carbonyl (C=O) groups excluding carboxylic acids is 2. The number of hydrogen-bond acceptors (Lipinski definition) is 3. The maximum atomic E-state index is 12.1. The molecule has 0 aromatic heterocycles. The molecule has 5 heteroatoms. The molecule has 0 spiro atoms. The lowest BCUT2D eigenvalue weighted by atomic mass is 9.71. The Labute approximate surface area is 128 Å². The molecule has 0 radical (unpaired) electrons. The van der Waals surface area contributed by atoms with Crippen LogP contribution in [0.4, 0.5) is 5.69 Å². The molecule has 1 aromatic carbocycles. The Hall–Kier alpha value is -1.26. The van der Waals surface area contributed by atoms with E-state index in [2.05, 4.69) is 5.32 Å². The predicted octanol–water partition coefficient (Wildman–Crippen LogP) is 3.65. The number of hydrogen-bond donors (Lipinski definition) is 1. The topological polar surface area (TPSA) is 46.2 Å². The highest BCUT2D eigenvalue weighted by atomic mass is 35.5. The monoisotopic (exact) mass is 309 g/mol. The fourth-order valence-electron chi connectivity index (χ4n) is 2.43. The number of nitrogens with one attached hydrogen (secondary N) is 1. The third kappa shape index (κ3) is 3.44. The number of halogens is 1. The van der Waals surface area contributed by atoms with Gasteiger partial charge >= 0.3 is 0 Å². The van der Waals surface area contributed by atoms with Gasteiger partial charge in [0.2, 0.25) is 0 Å². The van der Waals surface area contributed by atoms with Gasteiger partial charge < -0.3 is 5.32 Å². The first kappa shape index (κ1) is 15.1. The Morgan fingerprint density at radius 2 is 1.70 bits per heavy atom. The molecule has 1 aliphatic carbocycles. The molecule has 1 aliphatic rings. The fraction of sp³-hybridized carbons (Fsp3) is 0.400. The zero-order chi connectivity index (χ0) is 14.9. The van der Waals surface area contributed by atoms with Crippen molar-refractivity contribution in [1.29, 1.82) is 0 Å². The summed E-state index contributed by atoms with van der Waals surface area (Å²) in [4.78, 5) is 24.5. The van der Waals surface area contributed by atoms with Gasteiger partial charge in [0.15, 0.2) is 11.6 Å². The van der Waals surface area contributed by atoms with E-state index < -0.39 is 5.92 Å². The third-order valence-electron chi connectivity index (χ3n) is 3.32. The molecule has 3 nitrogen and oxygen atoms in total. The van der Waals surface area contributed by atoms with E-state index in [1.54, 1.807) is 24.3 Å². The molecule has 0 unspecified atom stereocenters. The van der Waals surface area contributed by atoms with Crippen molar-refractivity contribution < 1.29 is 9.59 Å². The number of Topliss-reactive ketones (excluding diaryl/α,β-unsaturated/α-hetero) is 2. The largest absolute Gasteiger partial charge is 0.349 e. The van der Waals surface area contributed by atoms with Crippen LogP contribution in [0.15, 0.2) is 24.3 Å². The lowest BCUT2D eigenvalue weighted by molar-refractivity contribution is -0.136. The van der Waals surface area contributed by atoms with E-state index in [0.29, 0.717) is 17.9 Å². The highest BCUT2D eigenvalue weighted by Gasteiger charge is 2.41. The standard InChI is InChI=1S/C15H16ClNO2S/c1-15(2)7-11(18)13(12(19)8-15)14(20)17-10-5-3-9(16)4-6-10/h3-6,13H,7-8H2,1-2H3,(H,17,20). The molecule has 1 aromatic rings. The van der Waals surface area contributed by atoms with Crippen LogP contribution in [-0.2, 0) is 9.59 Å². The molecule has 0 aliphatic heterocycles. The summed E-state index contributed by atoms with van der Waals surface area (Å²) in [5, 5.41) is 3.58. The van der Waals surface area contributed by atoms with E-state index in [1.807, 2.05) is 13.8 Å². The van der Waals surface area contributed by atoms with Gasteiger partial charge in [-0.2, -0.15) is 0 Å². The van der Waals surface area contributed by atoms with Crippen LogP contribution >= 0.6 is 23.8 Å². The Kier molecular flexibility index (Phi) is 4.25. The Morgan fingerprint density at radius 3 is 2.20 bits per heavy atom. The van der Waals surface area contributed by atoms with Crippen molar-refractivity contribution in [2.45, 2.75) is 26.7 Å². The summed E-state index contributed by atoms with van der Waals surface area (Å²) < 4.78 is 0. The summed E-state index contributed by atoms with van der Waals surface area (Å²) in [6.07, 6.45) is 0.762. The Morgan fingerprint density at radius 1 is 1.20 bits per heavy atom. The quantitative estimate of drug-likeness (QED) is 0.669. The molecule has 0 heterocycles. The van der Waals surface area contributed by atoms with Crippen LogP contribution in [0.2, 0.25) is 5.02 Å². The van der Waals surface area contributed by atoms with Gasteiger partial charge in [-0.15, -0.1) is 0 Å². The molecule has 0 bridgehead atoms. The average Bonchev–Trinajstić information content (AvgIpc) is 2.29. The SMILES string of the molecule is CC1(C)CC(=O)C(C(=S)Nc2ccc(Cl)cc2)C(=O)C1. The summed E-state index contributed by atoms with van der Waals surface area (Å²) in [6, 6.07) is 6.97. The van der Waals surface area contributed by atoms with E-state index in [-0.39, 0.29) is 22.0 Å². The Bertz CT molecular complexity index is 546. The third-order valence-corrected chi connectivity index (χ3v) is 3.91. The first-order valence-corrected chi connectivity index (χ1v) is 7.19. The molecule has 20 heavy (non-hydrogen) atoms. The van der Waals surface area contributed by atoms with Crippen LogP contribution < -0.4 is 5.32 Å². The number of ketones is 2. The van der Waals surface area contributed by atoms with Crippen molar-refractivity contribution in [3.63, 3.8) is 0 Å². The smallest absolute Gasteiger partial charge is 0.150 e. The lowest BCUT2D eigenvalue weighted by Crippen LogP contribution is -2.43. The van der Waals surface area contributed by atoms with Crippen molar-refractivity contribution in [2.75, 3.05) is 5.32 Å². The van der Waals surface area contributed by atoms with Gasteiger partial charge in [-0.1, -0.05) is 37.7 Å². The Balaban J connectivity index is 2.11. The van der Waals surface area contributed by atoms with Crippen LogP contribution in [0.3, 0.4) is 0 Å². The van der Waals surface area contributed by atoms with Gasteiger partial charge in [0.05, 0.1) is 4.99 Å². The second-order valence-electron chi connectivity index (χ2n) is 5.88. The van der Waals surface area contributed by atoms with Gasteiger partial charge in [-0.05, 0) is 29.7 Å². The van der Waals surface area contributed by atoms with E-state index in [0.717, 1.165) is 5.69 Å². The predicted molar refractivity (Wildman–Crippen MR) is 84.2 cm³/mol. The van der Waals surface area contributed by atoms with Crippen LogP contribution in [0.25, 0.3) is 0 Å². The highest BCUT2D eigenvalue weighted by Crippen LogP contribution is 2.34.